The number of amides is 2. The van der Waals surface area contributed by atoms with Crippen molar-refractivity contribution in [3.05, 3.63) is 39.8 Å². The fraction of sp³-hybridized carbons (Fsp3) is 0.476. The first-order valence-corrected chi connectivity index (χ1v) is 10.8. The molecule has 2 amide bonds. The molecule has 2 aromatic rings. The molecule has 0 spiro atoms. The first-order valence-electron chi connectivity index (χ1n) is 9.96. The molecule has 1 aromatic heterocycles. The van der Waals surface area contributed by atoms with E-state index >= 15 is 0 Å². The van der Waals surface area contributed by atoms with Crippen LogP contribution in [0.2, 0.25) is 0 Å². The summed E-state index contributed by atoms with van der Waals surface area (Å²) in [4.78, 5) is 31.9. The third-order valence-electron chi connectivity index (χ3n) is 5.08. The average Bonchev–Trinajstić information content (AvgIpc) is 3.47. The molecule has 8 heteroatoms. The van der Waals surface area contributed by atoms with E-state index in [0.717, 1.165) is 37.4 Å². The van der Waals surface area contributed by atoms with Crippen molar-refractivity contribution in [1.29, 1.82) is 0 Å². The number of carbonyl (C=O) groups is 2. The molecule has 4 rings (SSSR count). The highest BCUT2D eigenvalue weighted by atomic mass is 32.1. The summed E-state index contributed by atoms with van der Waals surface area (Å²) in [6.45, 7) is 5.96. The quantitative estimate of drug-likeness (QED) is 0.779. The first kappa shape index (κ1) is 19.7. The molecule has 29 heavy (non-hydrogen) atoms. The zero-order chi connectivity index (χ0) is 20.4. The topological polar surface area (TPSA) is 80.8 Å². The largest absolute Gasteiger partial charge is 0.454 e. The Bertz CT molecular complexity index is 905. The lowest BCUT2D eigenvalue weighted by Gasteiger charge is -2.19. The number of hydrogen-bond acceptors (Lipinski definition) is 6. The van der Waals surface area contributed by atoms with Crippen LogP contribution in [-0.2, 0) is 0 Å². The molecule has 0 saturated carbocycles. The van der Waals surface area contributed by atoms with E-state index in [4.69, 9.17) is 9.47 Å². The van der Waals surface area contributed by atoms with Gasteiger partial charge in [-0.15, -0.1) is 11.3 Å². The molecular weight excluding hydrogens is 390 g/mol. The predicted molar refractivity (Wildman–Crippen MR) is 109 cm³/mol. The summed E-state index contributed by atoms with van der Waals surface area (Å²) in [5.41, 5.74) is 0.978. The third kappa shape index (κ3) is 4.37. The van der Waals surface area contributed by atoms with Gasteiger partial charge < -0.3 is 19.7 Å². The minimum absolute atomic E-state index is 0.0182. The summed E-state index contributed by atoms with van der Waals surface area (Å²) >= 11 is 1.43. The van der Waals surface area contributed by atoms with Crippen LogP contribution in [0.25, 0.3) is 0 Å². The van der Waals surface area contributed by atoms with Gasteiger partial charge in [0.05, 0.1) is 6.04 Å². The Morgan fingerprint density at radius 2 is 1.97 bits per heavy atom. The molecule has 2 aliphatic rings. The Labute approximate surface area is 174 Å². The molecule has 0 radical (unpaired) electrons. The molecule has 1 aromatic carbocycles. The lowest BCUT2D eigenvalue weighted by Crippen LogP contribution is -2.30. The molecule has 0 unspecified atom stereocenters. The van der Waals surface area contributed by atoms with E-state index in [9.17, 15) is 9.59 Å². The van der Waals surface area contributed by atoms with Crippen LogP contribution in [0.4, 0.5) is 0 Å². The summed E-state index contributed by atoms with van der Waals surface area (Å²) in [6, 6.07) is 4.90. The standard InChI is InChI=1S/C21H25N3O4S/c1-13(2)9-15(20-23-16(11-29-20)21(26)24-7-3-4-8-24)22-19(25)14-5-6-17-18(10-14)28-12-27-17/h5-6,10-11,13,15H,3-4,7-9,12H2,1-2H3,(H,22,25)/t15-/m1/s1. The fourth-order valence-corrected chi connectivity index (χ4v) is 4.46. The second kappa shape index (κ2) is 8.41. The summed E-state index contributed by atoms with van der Waals surface area (Å²) in [6.07, 6.45) is 2.83. The smallest absolute Gasteiger partial charge is 0.273 e. The van der Waals surface area contributed by atoms with E-state index < -0.39 is 0 Å². The number of ether oxygens (including phenoxy) is 2. The van der Waals surface area contributed by atoms with Gasteiger partial charge in [0.1, 0.15) is 10.7 Å². The molecule has 1 N–H and O–H groups in total. The molecule has 1 fully saturated rings. The van der Waals surface area contributed by atoms with Gasteiger partial charge in [-0.3, -0.25) is 9.59 Å². The van der Waals surface area contributed by atoms with E-state index in [2.05, 4.69) is 24.1 Å². The number of rotatable bonds is 6. The minimum Gasteiger partial charge on any atom is -0.454 e. The maximum absolute atomic E-state index is 12.9. The fourth-order valence-electron chi connectivity index (χ4n) is 3.60. The second-order valence-electron chi connectivity index (χ2n) is 7.79. The van der Waals surface area contributed by atoms with Crippen LogP contribution in [0.15, 0.2) is 23.6 Å². The van der Waals surface area contributed by atoms with Crippen LogP contribution in [0.1, 0.15) is 65.0 Å². The van der Waals surface area contributed by atoms with Gasteiger partial charge in [0, 0.05) is 24.0 Å². The maximum Gasteiger partial charge on any atom is 0.273 e. The summed E-state index contributed by atoms with van der Waals surface area (Å²) in [5.74, 6) is 1.36. The zero-order valence-corrected chi connectivity index (χ0v) is 17.5. The van der Waals surface area contributed by atoms with Gasteiger partial charge in [0.15, 0.2) is 11.5 Å². The lowest BCUT2D eigenvalue weighted by molar-refractivity contribution is 0.0787. The van der Waals surface area contributed by atoms with Crippen molar-refractivity contribution in [3.8, 4) is 11.5 Å². The number of nitrogens with one attached hydrogen (secondary N) is 1. The van der Waals surface area contributed by atoms with Gasteiger partial charge in [0.2, 0.25) is 6.79 Å². The van der Waals surface area contributed by atoms with Crippen LogP contribution in [-0.4, -0.2) is 41.6 Å². The summed E-state index contributed by atoms with van der Waals surface area (Å²) in [5, 5.41) is 5.64. The molecule has 2 aliphatic heterocycles. The van der Waals surface area contributed by atoms with Crippen LogP contribution in [0.5, 0.6) is 11.5 Å². The van der Waals surface area contributed by atoms with Gasteiger partial charge in [-0.25, -0.2) is 4.98 Å². The van der Waals surface area contributed by atoms with Crippen LogP contribution >= 0.6 is 11.3 Å². The Morgan fingerprint density at radius 3 is 2.72 bits per heavy atom. The number of aromatic nitrogens is 1. The van der Waals surface area contributed by atoms with Gasteiger partial charge >= 0.3 is 0 Å². The number of fused-ring (bicyclic) bond motifs is 1. The van der Waals surface area contributed by atoms with E-state index in [1.807, 2.05) is 4.90 Å². The molecule has 7 nitrogen and oxygen atoms in total. The number of carbonyl (C=O) groups excluding carboxylic acids is 2. The van der Waals surface area contributed by atoms with Gasteiger partial charge in [-0.05, 0) is 43.4 Å². The maximum atomic E-state index is 12.9. The van der Waals surface area contributed by atoms with Gasteiger partial charge in [0.25, 0.3) is 11.8 Å². The monoisotopic (exact) mass is 415 g/mol. The van der Waals surface area contributed by atoms with Crippen molar-refractivity contribution < 1.29 is 19.1 Å². The van der Waals surface area contributed by atoms with Crippen molar-refractivity contribution in [2.45, 2.75) is 39.2 Å². The van der Waals surface area contributed by atoms with E-state index in [0.29, 0.717) is 28.7 Å². The minimum atomic E-state index is -0.252. The first-order chi connectivity index (χ1) is 14.0. The van der Waals surface area contributed by atoms with Crippen molar-refractivity contribution in [3.63, 3.8) is 0 Å². The summed E-state index contributed by atoms with van der Waals surface area (Å²) in [7, 11) is 0. The van der Waals surface area contributed by atoms with E-state index in [-0.39, 0.29) is 24.6 Å². The molecule has 3 heterocycles. The van der Waals surface area contributed by atoms with Crippen molar-refractivity contribution >= 4 is 23.2 Å². The van der Waals surface area contributed by atoms with E-state index in [1.165, 1.54) is 11.3 Å². The molecule has 0 bridgehead atoms. The van der Waals surface area contributed by atoms with Crippen LogP contribution in [0, 0.1) is 5.92 Å². The Hall–Kier alpha value is -2.61. The SMILES string of the molecule is CC(C)C[C@@H](NC(=O)c1ccc2c(c1)OCO2)c1nc(C(=O)N2CCCC2)cs1. The molecule has 0 aliphatic carbocycles. The third-order valence-corrected chi connectivity index (χ3v) is 6.04. The van der Waals surface area contributed by atoms with Crippen molar-refractivity contribution in [2.75, 3.05) is 19.9 Å². The molecule has 154 valence electrons. The van der Waals surface area contributed by atoms with Crippen LogP contribution in [0.3, 0.4) is 0 Å². The molecule has 1 saturated heterocycles. The summed E-state index contributed by atoms with van der Waals surface area (Å²) < 4.78 is 10.7. The van der Waals surface area contributed by atoms with Crippen LogP contribution < -0.4 is 14.8 Å². The Morgan fingerprint density at radius 1 is 1.21 bits per heavy atom. The highest BCUT2D eigenvalue weighted by Gasteiger charge is 2.26. The highest BCUT2D eigenvalue weighted by Crippen LogP contribution is 2.33. The lowest BCUT2D eigenvalue weighted by atomic mass is 10.0. The number of thiazole rings is 1. The van der Waals surface area contributed by atoms with Crippen molar-refractivity contribution in [2.24, 2.45) is 5.92 Å². The Balaban J connectivity index is 1.50. The average molecular weight is 416 g/mol. The normalized spacial score (nSPS) is 16.3. The molecule has 1 atom stereocenters. The predicted octanol–water partition coefficient (Wildman–Crippen LogP) is 3.63. The Kier molecular flexibility index (Phi) is 5.71. The highest BCUT2D eigenvalue weighted by molar-refractivity contribution is 7.09. The van der Waals surface area contributed by atoms with Crippen molar-refractivity contribution in [1.82, 2.24) is 15.2 Å². The molecular formula is C21H25N3O4S. The van der Waals surface area contributed by atoms with Gasteiger partial charge in [-0.1, -0.05) is 13.8 Å². The second-order valence-corrected chi connectivity index (χ2v) is 8.68. The van der Waals surface area contributed by atoms with E-state index in [1.54, 1.807) is 23.6 Å². The number of hydrogen-bond donors (Lipinski definition) is 1. The number of likely N-dealkylation sites (tertiary alicyclic amines) is 1. The number of benzene rings is 1. The zero-order valence-electron chi connectivity index (χ0n) is 16.6. The van der Waals surface area contributed by atoms with Gasteiger partial charge in [-0.2, -0.15) is 0 Å². The number of nitrogens with zero attached hydrogens (tertiary/aromatic N) is 2.